The van der Waals surface area contributed by atoms with Crippen molar-refractivity contribution in [3.8, 4) is 0 Å². The highest BCUT2D eigenvalue weighted by atomic mass is 16.2. The van der Waals surface area contributed by atoms with Gasteiger partial charge < -0.3 is 15.6 Å². The van der Waals surface area contributed by atoms with Crippen LogP contribution in [0.15, 0.2) is 42.6 Å². The van der Waals surface area contributed by atoms with E-state index in [-0.39, 0.29) is 24.4 Å². The van der Waals surface area contributed by atoms with Crippen LogP contribution in [0.5, 0.6) is 0 Å². The number of anilines is 1. The van der Waals surface area contributed by atoms with Crippen LogP contribution < -0.4 is 10.6 Å². The summed E-state index contributed by atoms with van der Waals surface area (Å²) in [6.45, 7) is 3.97. The smallest absolute Gasteiger partial charge is 0.268 e. The first-order chi connectivity index (χ1) is 12.1. The number of nitrogens with zero attached hydrogens (tertiary/aromatic N) is 2. The molecular weight excluding hydrogens is 318 g/mol. The molecule has 0 radical (unpaired) electrons. The Labute approximate surface area is 145 Å². The van der Waals surface area contributed by atoms with Gasteiger partial charge in [-0.3, -0.25) is 9.59 Å². The fourth-order valence-electron chi connectivity index (χ4n) is 2.58. The molecule has 0 fully saturated rings. The number of aromatic nitrogens is 3. The van der Waals surface area contributed by atoms with E-state index in [4.69, 9.17) is 0 Å². The minimum absolute atomic E-state index is 0.111. The van der Waals surface area contributed by atoms with Crippen molar-refractivity contribution in [1.82, 2.24) is 20.1 Å². The Morgan fingerprint density at radius 2 is 2.08 bits per heavy atom. The molecule has 7 heteroatoms. The van der Waals surface area contributed by atoms with Gasteiger partial charge in [0.2, 0.25) is 5.91 Å². The number of carbonyl (C=O) groups is 2. The average molecular weight is 339 g/mol. The summed E-state index contributed by atoms with van der Waals surface area (Å²) >= 11 is 0. The van der Waals surface area contributed by atoms with Gasteiger partial charge in [0.15, 0.2) is 0 Å². The summed E-state index contributed by atoms with van der Waals surface area (Å²) in [7, 11) is 0. The molecule has 3 N–H and O–H groups in total. The molecule has 130 valence electrons. The topological polar surface area (TPSA) is 91.8 Å². The van der Waals surface area contributed by atoms with Crippen LogP contribution in [0.3, 0.4) is 0 Å². The molecule has 0 saturated heterocycles. The molecule has 2 heterocycles. The van der Waals surface area contributed by atoms with Crippen molar-refractivity contribution < 1.29 is 9.59 Å². The molecule has 0 saturated carbocycles. The van der Waals surface area contributed by atoms with Gasteiger partial charge in [0.25, 0.3) is 5.91 Å². The van der Waals surface area contributed by atoms with E-state index in [1.54, 1.807) is 23.0 Å². The number of amides is 2. The van der Waals surface area contributed by atoms with Crippen molar-refractivity contribution in [2.75, 3.05) is 11.9 Å². The first kappa shape index (κ1) is 16.8. The number of carbonyl (C=O) groups excluding carboxylic acids is 2. The van der Waals surface area contributed by atoms with Crippen molar-refractivity contribution in [2.45, 2.75) is 26.3 Å². The fraction of sp³-hybridized carbons (Fsp3) is 0.278. The zero-order chi connectivity index (χ0) is 17.8. The number of rotatable bonds is 6. The van der Waals surface area contributed by atoms with Crippen LogP contribution >= 0.6 is 0 Å². The summed E-state index contributed by atoms with van der Waals surface area (Å²) in [5.74, 6) is 0.00973. The van der Waals surface area contributed by atoms with Gasteiger partial charge in [-0.05, 0) is 25.5 Å². The zero-order valence-electron chi connectivity index (χ0n) is 14.2. The molecule has 3 rings (SSSR count). The van der Waals surface area contributed by atoms with Crippen molar-refractivity contribution in [3.05, 3.63) is 48.3 Å². The average Bonchev–Trinajstić information content (AvgIpc) is 3.25. The molecule has 1 unspecified atom stereocenters. The third kappa shape index (κ3) is 3.71. The summed E-state index contributed by atoms with van der Waals surface area (Å²) in [5.41, 5.74) is 1.31. The van der Waals surface area contributed by atoms with E-state index in [2.05, 4.69) is 27.6 Å². The minimum Gasteiger partial charge on any atom is -0.351 e. The number of fused-ring (bicyclic) bond motifs is 1. The second kappa shape index (κ2) is 7.21. The van der Waals surface area contributed by atoms with E-state index in [1.165, 1.54) is 0 Å². The zero-order valence-corrected chi connectivity index (χ0v) is 14.2. The molecule has 0 spiro atoms. The Morgan fingerprint density at radius 1 is 1.28 bits per heavy atom. The maximum absolute atomic E-state index is 12.2. The van der Waals surface area contributed by atoms with Gasteiger partial charge in [-0.1, -0.05) is 25.1 Å². The van der Waals surface area contributed by atoms with Crippen LogP contribution in [0.2, 0.25) is 0 Å². The number of aromatic amines is 1. The van der Waals surface area contributed by atoms with Crippen molar-refractivity contribution in [2.24, 2.45) is 0 Å². The maximum Gasteiger partial charge on any atom is 0.268 e. The van der Waals surface area contributed by atoms with E-state index in [1.807, 2.05) is 31.2 Å². The quantitative estimate of drug-likeness (QED) is 0.645. The summed E-state index contributed by atoms with van der Waals surface area (Å²) in [5, 5.41) is 10.6. The Kier molecular flexibility index (Phi) is 4.83. The maximum atomic E-state index is 12.2. The van der Waals surface area contributed by atoms with E-state index in [0.29, 0.717) is 11.5 Å². The monoisotopic (exact) mass is 339 g/mol. The fourth-order valence-corrected chi connectivity index (χ4v) is 2.58. The van der Waals surface area contributed by atoms with E-state index in [9.17, 15) is 9.59 Å². The van der Waals surface area contributed by atoms with Gasteiger partial charge in [0.1, 0.15) is 11.5 Å². The van der Waals surface area contributed by atoms with Crippen LogP contribution in [0.4, 0.5) is 5.82 Å². The molecule has 2 aromatic heterocycles. The summed E-state index contributed by atoms with van der Waals surface area (Å²) < 4.78 is 1.76. The molecule has 0 aliphatic rings. The third-order valence-corrected chi connectivity index (χ3v) is 4.13. The van der Waals surface area contributed by atoms with Crippen molar-refractivity contribution in [3.63, 3.8) is 0 Å². The van der Waals surface area contributed by atoms with Crippen molar-refractivity contribution in [1.29, 1.82) is 0 Å². The lowest BCUT2D eigenvalue weighted by atomic mass is 10.2. The number of nitrogens with one attached hydrogen (secondary N) is 3. The number of hydrogen-bond acceptors (Lipinski definition) is 3. The van der Waals surface area contributed by atoms with E-state index in [0.717, 1.165) is 17.3 Å². The highest BCUT2D eigenvalue weighted by molar-refractivity contribution is 6.01. The number of hydrogen-bond donors (Lipinski definition) is 3. The number of H-pyrrole nitrogens is 1. The predicted molar refractivity (Wildman–Crippen MR) is 96.5 cm³/mol. The summed E-state index contributed by atoms with van der Waals surface area (Å²) in [6.07, 6.45) is 2.55. The van der Waals surface area contributed by atoms with Crippen LogP contribution in [-0.4, -0.2) is 33.1 Å². The normalized spacial score (nSPS) is 12.1. The van der Waals surface area contributed by atoms with Gasteiger partial charge in [0, 0.05) is 17.0 Å². The third-order valence-electron chi connectivity index (χ3n) is 4.13. The van der Waals surface area contributed by atoms with E-state index >= 15 is 0 Å². The van der Waals surface area contributed by atoms with Crippen LogP contribution in [0, 0.1) is 0 Å². The van der Waals surface area contributed by atoms with Gasteiger partial charge >= 0.3 is 0 Å². The SMILES string of the molecule is CCC(C)n1nccc1NC(=O)CNC(=O)c1cc2ccccc2[nH]1. The Morgan fingerprint density at radius 3 is 2.84 bits per heavy atom. The van der Waals surface area contributed by atoms with Crippen LogP contribution in [0.25, 0.3) is 10.9 Å². The Hall–Kier alpha value is -3.09. The first-order valence-corrected chi connectivity index (χ1v) is 8.27. The predicted octanol–water partition coefficient (Wildman–Crippen LogP) is 2.70. The standard InChI is InChI=1S/C18H21N5O2/c1-3-12(2)23-16(8-9-20-23)22-17(24)11-19-18(25)15-10-13-6-4-5-7-14(13)21-15/h4-10,12,21H,3,11H2,1-2H3,(H,19,25)(H,22,24). The van der Waals surface area contributed by atoms with Crippen LogP contribution in [0.1, 0.15) is 36.8 Å². The van der Waals surface area contributed by atoms with Gasteiger partial charge in [-0.2, -0.15) is 5.10 Å². The summed E-state index contributed by atoms with van der Waals surface area (Å²) in [4.78, 5) is 27.3. The molecule has 1 aromatic carbocycles. The lowest BCUT2D eigenvalue weighted by Gasteiger charge is -2.14. The largest absolute Gasteiger partial charge is 0.351 e. The van der Waals surface area contributed by atoms with Crippen molar-refractivity contribution >= 4 is 28.5 Å². The molecule has 2 amide bonds. The van der Waals surface area contributed by atoms with E-state index < -0.39 is 0 Å². The molecule has 25 heavy (non-hydrogen) atoms. The molecule has 0 aliphatic heterocycles. The molecule has 3 aromatic rings. The van der Waals surface area contributed by atoms with Gasteiger partial charge in [-0.25, -0.2) is 4.68 Å². The lowest BCUT2D eigenvalue weighted by Crippen LogP contribution is -2.33. The molecule has 7 nitrogen and oxygen atoms in total. The summed E-state index contributed by atoms with van der Waals surface area (Å²) in [6, 6.07) is 11.3. The second-order valence-electron chi connectivity index (χ2n) is 5.92. The van der Waals surface area contributed by atoms with Gasteiger partial charge in [-0.15, -0.1) is 0 Å². The number of para-hydroxylation sites is 1. The minimum atomic E-state index is -0.318. The molecule has 0 bridgehead atoms. The molecular formula is C18H21N5O2. The van der Waals surface area contributed by atoms with Gasteiger partial charge in [0.05, 0.1) is 18.8 Å². The highest BCUT2D eigenvalue weighted by Crippen LogP contribution is 2.16. The van der Waals surface area contributed by atoms with Crippen LogP contribution in [-0.2, 0) is 4.79 Å². The first-order valence-electron chi connectivity index (χ1n) is 8.27. The highest BCUT2D eigenvalue weighted by Gasteiger charge is 2.13. The Bertz CT molecular complexity index is 863. The molecule has 0 aliphatic carbocycles. The Balaban J connectivity index is 1.59. The second-order valence-corrected chi connectivity index (χ2v) is 5.92. The molecule has 1 atom stereocenters. The lowest BCUT2D eigenvalue weighted by molar-refractivity contribution is -0.115. The number of benzene rings is 1.